The Morgan fingerprint density at radius 1 is 1.35 bits per heavy atom. The predicted octanol–water partition coefficient (Wildman–Crippen LogP) is 1.98. The fourth-order valence-corrected chi connectivity index (χ4v) is 3.17. The number of carbonyl (C=O) groups excluding carboxylic acids is 2. The molecule has 6 nitrogen and oxygen atoms in total. The van der Waals surface area contributed by atoms with Gasteiger partial charge in [-0.25, -0.2) is 9.59 Å². The monoisotopic (exact) mass is 362 g/mol. The largest absolute Gasteiger partial charge is 0.458 e. The molecule has 1 aliphatic carbocycles. The summed E-state index contributed by atoms with van der Waals surface area (Å²) in [7, 11) is 0. The summed E-state index contributed by atoms with van der Waals surface area (Å²) < 4.78 is 11.0. The van der Waals surface area contributed by atoms with E-state index in [2.05, 4.69) is 6.58 Å². The van der Waals surface area contributed by atoms with E-state index < -0.39 is 42.3 Å². The summed E-state index contributed by atoms with van der Waals surface area (Å²) in [5.41, 5.74) is 1.89. The Morgan fingerprint density at radius 2 is 2.00 bits per heavy atom. The Balaban J connectivity index is 2.47. The molecule has 0 aromatic carbocycles. The van der Waals surface area contributed by atoms with Crippen LogP contribution in [0.25, 0.3) is 0 Å². The van der Waals surface area contributed by atoms with Crippen molar-refractivity contribution < 1.29 is 29.3 Å². The molecule has 0 spiro atoms. The highest BCUT2D eigenvalue weighted by molar-refractivity contribution is 5.92. The molecule has 0 saturated carbocycles. The van der Waals surface area contributed by atoms with Gasteiger partial charge >= 0.3 is 11.9 Å². The van der Waals surface area contributed by atoms with Crippen molar-refractivity contribution in [2.45, 2.75) is 58.5 Å². The summed E-state index contributed by atoms with van der Waals surface area (Å²) in [4.78, 5) is 24.4. The third kappa shape index (κ3) is 4.14. The minimum absolute atomic E-state index is 0.235. The van der Waals surface area contributed by atoms with Crippen LogP contribution in [-0.2, 0) is 19.1 Å². The Kier molecular flexibility index (Phi) is 6.21. The second-order valence-electron chi connectivity index (χ2n) is 6.90. The molecule has 0 radical (unpaired) electrons. The fourth-order valence-electron chi connectivity index (χ4n) is 3.17. The second-order valence-corrected chi connectivity index (χ2v) is 6.90. The molecule has 6 heteroatoms. The number of aliphatic hydroxyl groups is 2. The van der Waals surface area contributed by atoms with E-state index in [1.807, 2.05) is 0 Å². The van der Waals surface area contributed by atoms with Crippen LogP contribution in [0.5, 0.6) is 0 Å². The van der Waals surface area contributed by atoms with Crippen molar-refractivity contribution in [3.8, 4) is 0 Å². The molecule has 26 heavy (non-hydrogen) atoms. The summed E-state index contributed by atoms with van der Waals surface area (Å²) in [5.74, 6) is -1.59. The first-order valence-electron chi connectivity index (χ1n) is 8.61. The third-order valence-electron chi connectivity index (χ3n) is 4.87. The molecule has 2 aliphatic rings. The molecule has 1 fully saturated rings. The molecule has 2 N–H and O–H groups in total. The van der Waals surface area contributed by atoms with E-state index in [-0.39, 0.29) is 12.0 Å². The average Bonchev–Trinajstić information content (AvgIpc) is 2.85. The standard InChI is InChI=1S/C20H26O6/c1-6-11(3)19(23)25-15-8-10(2)7-14(21)18(22)12(4)9-16-17(15)13(5)20(24)26-16/h6-7,9,14-18,21-22H,5,8H2,1-4H3/b10-7+,11-6-,12-9+/t14-,15+,16+,17+,18-/m0/s1. The van der Waals surface area contributed by atoms with Gasteiger partial charge in [-0.15, -0.1) is 0 Å². The molecule has 0 aromatic heterocycles. The Hall–Kier alpha value is -2.18. The average molecular weight is 362 g/mol. The zero-order valence-corrected chi connectivity index (χ0v) is 15.6. The molecule has 1 heterocycles. The van der Waals surface area contributed by atoms with Gasteiger partial charge in [0, 0.05) is 17.6 Å². The van der Waals surface area contributed by atoms with Crippen molar-refractivity contribution in [3.05, 3.63) is 47.1 Å². The summed E-state index contributed by atoms with van der Waals surface area (Å²) in [6.45, 7) is 10.6. The minimum atomic E-state index is -1.11. The van der Waals surface area contributed by atoms with Crippen LogP contribution >= 0.6 is 0 Å². The molecule has 0 bridgehead atoms. The highest BCUT2D eigenvalue weighted by atomic mass is 16.6. The lowest BCUT2D eigenvalue weighted by molar-refractivity contribution is -0.147. The molecule has 2 rings (SSSR count). The van der Waals surface area contributed by atoms with E-state index in [1.54, 1.807) is 39.8 Å². The van der Waals surface area contributed by atoms with Crippen LogP contribution in [0.2, 0.25) is 0 Å². The van der Waals surface area contributed by atoms with Gasteiger partial charge in [0.15, 0.2) is 0 Å². The lowest BCUT2D eigenvalue weighted by atomic mass is 9.84. The van der Waals surface area contributed by atoms with Gasteiger partial charge in [0.25, 0.3) is 0 Å². The van der Waals surface area contributed by atoms with E-state index in [4.69, 9.17) is 9.47 Å². The first-order chi connectivity index (χ1) is 12.1. The second kappa shape index (κ2) is 8.01. The van der Waals surface area contributed by atoms with Gasteiger partial charge in [0.1, 0.15) is 24.4 Å². The topological polar surface area (TPSA) is 93.1 Å². The Labute approximate surface area is 153 Å². The maximum Gasteiger partial charge on any atom is 0.334 e. The zero-order valence-electron chi connectivity index (χ0n) is 15.6. The van der Waals surface area contributed by atoms with E-state index in [1.165, 1.54) is 6.08 Å². The van der Waals surface area contributed by atoms with E-state index in [0.717, 1.165) is 5.57 Å². The Bertz CT molecular complexity index is 699. The van der Waals surface area contributed by atoms with Crippen LogP contribution < -0.4 is 0 Å². The van der Waals surface area contributed by atoms with Crippen LogP contribution in [0.3, 0.4) is 0 Å². The van der Waals surface area contributed by atoms with Crippen LogP contribution in [0.4, 0.5) is 0 Å². The predicted molar refractivity (Wildman–Crippen MR) is 96.0 cm³/mol. The molecule has 142 valence electrons. The maximum absolute atomic E-state index is 12.3. The number of fused-ring (bicyclic) bond motifs is 1. The van der Waals surface area contributed by atoms with Crippen molar-refractivity contribution in [2.75, 3.05) is 0 Å². The van der Waals surface area contributed by atoms with Gasteiger partial charge in [-0.3, -0.25) is 0 Å². The summed E-state index contributed by atoms with van der Waals surface area (Å²) in [6.07, 6.45) is 1.46. The number of ether oxygens (including phenoxy) is 2. The van der Waals surface area contributed by atoms with Crippen molar-refractivity contribution in [3.63, 3.8) is 0 Å². The molecule has 1 aliphatic heterocycles. The maximum atomic E-state index is 12.3. The van der Waals surface area contributed by atoms with E-state index in [9.17, 15) is 19.8 Å². The SMILES string of the molecule is C=C1C(=O)O[C@@H]2/C=C(\C)[C@H](O)[C@@H](O)/C=C(\C)C[C@@H](OC(=O)/C(C)=C\C)[C@@H]12. The van der Waals surface area contributed by atoms with Gasteiger partial charge < -0.3 is 19.7 Å². The highest BCUT2D eigenvalue weighted by Crippen LogP contribution is 2.36. The Morgan fingerprint density at radius 3 is 2.62 bits per heavy atom. The zero-order chi connectivity index (χ0) is 19.6. The molecule has 0 aromatic rings. The number of hydrogen-bond acceptors (Lipinski definition) is 6. The fraction of sp³-hybridized carbons (Fsp3) is 0.500. The number of carbonyl (C=O) groups is 2. The summed E-state index contributed by atoms with van der Waals surface area (Å²) in [6, 6.07) is 0. The first kappa shape index (κ1) is 20.1. The molecule has 0 unspecified atom stereocenters. The number of hydrogen-bond donors (Lipinski definition) is 2. The van der Waals surface area contributed by atoms with Gasteiger partial charge in [-0.2, -0.15) is 0 Å². The quantitative estimate of drug-likeness (QED) is 0.443. The van der Waals surface area contributed by atoms with Gasteiger partial charge in [0.2, 0.25) is 0 Å². The molecular formula is C20H26O6. The van der Waals surface area contributed by atoms with Crippen molar-refractivity contribution in [1.29, 1.82) is 0 Å². The van der Waals surface area contributed by atoms with Gasteiger partial charge in [0.05, 0.1) is 5.92 Å². The van der Waals surface area contributed by atoms with Crippen LogP contribution in [-0.4, -0.2) is 46.6 Å². The van der Waals surface area contributed by atoms with E-state index in [0.29, 0.717) is 11.1 Å². The normalized spacial score (nSPS) is 37.0. The van der Waals surface area contributed by atoms with Gasteiger partial charge in [-0.05, 0) is 39.3 Å². The number of allylic oxidation sites excluding steroid dienone is 1. The number of esters is 2. The van der Waals surface area contributed by atoms with E-state index >= 15 is 0 Å². The summed E-state index contributed by atoms with van der Waals surface area (Å²) >= 11 is 0. The number of aliphatic hydroxyl groups excluding tert-OH is 2. The summed E-state index contributed by atoms with van der Waals surface area (Å²) in [5, 5.41) is 20.4. The van der Waals surface area contributed by atoms with Crippen LogP contribution in [0.15, 0.2) is 47.1 Å². The van der Waals surface area contributed by atoms with Crippen molar-refractivity contribution in [1.82, 2.24) is 0 Å². The van der Waals surface area contributed by atoms with Crippen LogP contribution in [0, 0.1) is 5.92 Å². The molecular weight excluding hydrogens is 336 g/mol. The van der Waals surface area contributed by atoms with Crippen molar-refractivity contribution >= 4 is 11.9 Å². The number of rotatable bonds is 2. The smallest absolute Gasteiger partial charge is 0.334 e. The van der Waals surface area contributed by atoms with Crippen molar-refractivity contribution in [2.24, 2.45) is 5.92 Å². The molecule has 5 atom stereocenters. The third-order valence-corrected chi connectivity index (χ3v) is 4.87. The molecule has 1 saturated heterocycles. The first-order valence-corrected chi connectivity index (χ1v) is 8.61. The lowest BCUT2D eigenvalue weighted by Crippen LogP contribution is -2.35. The lowest BCUT2D eigenvalue weighted by Gasteiger charge is -2.29. The molecule has 0 amide bonds. The minimum Gasteiger partial charge on any atom is -0.458 e. The van der Waals surface area contributed by atoms with Crippen LogP contribution in [0.1, 0.15) is 34.1 Å². The highest BCUT2D eigenvalue weighted by Gasteiger charge is 2.45. The van der Waals surface area contributed by atoms with Gasteiger partial charge in [-0.1, -0.05) is 24.3 Å².